The SMILES string of the molecule is O=C(O)N1CCc2[nH]c3cc(Br)c(F)cc3c2C1. The van der Waals surface area contributed by atoms with E-state index in [2.05, 4.69) is 20.9 Å². The maximum absolute atomic E-state index is 13.6. The summed E-state index contributed by atoms with van der Waals surface area (Å²) in [5, 5.41) is 9.77. The second-order valence-electron chi connectivity index (χ2n) is 4.35. The molecule has 1 aliphatic rings. The Morgan fingerprint density at radius 2 is 2.28 bits per heavy atom. The Kier molecular flexibility index (Phi) is 2.55. The average molecular weight is 313 g/mol. The number of nitrogens with zero attached hydrogens (tertiary/aromatic N) is 1. The van der Waals surface area contributed by atoms with Gasteiger partial charge in [0.05, 0.1) is 11.0 Å². The Balaban J connectivity index is 2.15. The number of aromatic amines is 1. The Labute approximate surface area is 111 Å². The van der Waals surface area contributed by atoms with E-state index in [1.165, 1.54) is 11.0 Å². The quantitative estimate of drug-likeness (QED) is 0.785. The van der Waals surface area contributed by atoms with Crippen molar-refractivity contribution in [3.63, 3.8) is 0 Å². The number of hydrogen-bond donors (Lipinski definition) is 2. The van der Waals surface area contributed by atoms with E-state index in [4.69, 9.17) is 5.11 Å². The monoisotopic (exact) mass is 312 g/mol. The number of benzene rings is 1. The first kappa shape index (κ1) is 11.5. The van der Waals surface area contributed by atoms with Crippen molar-refractivity contribution in [2.24, 2.45) is 0 Å². The van der Waals surface area contributed by atoms with Gasteiger partial charge in [-0.05, 0) is 28.1 Å². The van der Waals surface area contributed by atoms with Crippen LogP contribution >= 0.6 is 15.9 Å². The third-order valence-corrected chi connectivity index (χ3v) is 3.89. The van der Waals surface area contributed by atoms with Crippen LogP contribution in [-0.2, 0) is 13.0 Å². The summed E-state index contributed by atoms with van der Waals surface area (Å²) in [5.41, 5.74) is 2.71. The lowest BCUT2D eigenvalue weighted by Gasteiger charge is -2.24. The van der Waals surface area contributed by atoms with Crippen molar-refractivity contribution >= 4 is 32.9 Å². The molecule has 0 spiro atoms. The maximum Gasteiger partial charge on any atom is 0.407 e. The van der Waals surface area contributed by atoms with Crippen LogP contribution in [0.3, 0.4) is 0 Å². The number of carbonyl (C=O) groups is 1. The summed E-state index contributed by atoms with van der Waals surface area (Å²) in [4.78, 5) is 15.5. The van der Waals surface area contributed by atoms with E-state index in [1.807, 2.05) is 0 Å². The summed E-state index contributed by atoms with van der Waals surface area (Å²) in [7, 11) is 0. The number of amides is 1. The Bertz CT molecular complexity index is 653. The fourth-order valence-corrected chi connectivity index (χ4v) is 2.72. The first-order valence-electron chi connectivity index (χ1n) is 5.52. The molecule has 0 saturated carbocycles. The number of H-pyrrole nitrogens is 1. The van der Waals surface area contributed by atoms with Gasteiger partial charge in [0, 0.05) is 35.1 Å². The standard InChI is InChI=1S/C12H10BrFN2O2/c13-8-4-11-6(3-9(8)14)7-5-16(12(17)18)2-1-10(7)15-11/h3-4,15H,1-2,5H2,(H,17,18). The van der Waals surface area contributed by atoms with Crippen molar-refractivity contribution in [3.8, 4) is 0 Å². The lowest BCUT2D eigenvalue weighted by molar-refractivity contribution is 0.140. The molecule has 6 heteroatoms. The van der Waals surface area contributed by atoms with E-state index in [0.717, 1.165) is 22.2 Å². The summed E-state index contributed by atoms with van der Waals surface area (Å²) in [6, 6.07) is 3.13. The highest BCUT2D eigenvalue weighted by molar-refractivity contribution is 9.10. The molecule has 2 heterocycles. The summed E-state index contributed by atoms with van der Waals surface area (Å²) < 4.78 is 14.0. The zero-order valence-corrected chi connectivity index (χ0v) is 10.9. The zero-order valence-electron chi connectivity index (χ0n) is 9.33. The molecule has 0 saturated heterocycles. The highest BCUT2D eigenvalue weighted by Crippen LogP contribution is 2.31. The molecule has 0 radical (unpaired) electrons. The third-order valence-electron chi connectivity index (χ3n) is 3.29. The smallest absolute Gasteiger partial charge is 0.407 e. The number of fused-ring (bicyclic) bond motifs is 3. The predicted molar refractivity (Wildman–Crippen MR) is 68.1 cm³/mol. The Hall–Kier alpha value is -1.56. The molecule has 2 aromatic rings. The molecule has 0 aliphatic carbocycles. The van der Waals surface area contributed by atoms with Crippen molar-refractivity contribution in [2.45, 2.75) is 13.0 Å². The molecule has 0 fully saturated rings. The number of halogens is 2. The maximum atomic E-state index is 13.6. The highest BCUT2D eigenvalue weighted by Gasteiger charge is 2.24. The first-order valence-corrected chi connectivity index (χ1v) is 6.32. The molecule has 4 nitrogen and oxygen atoms in total. The third kappa shape index (κ3) is 1.68. The van der Waals surface area contributed by atoms with E-state index in [9.17, 15) is 9.18 Å². The minimum absolute atomic E-state index is 0.311. The fraction of sp³-hybridized carbons (Fsp3) is 0.250. The van der Waals surface area contributed by atoms with Crippen LogP contribution in [0.15, 0.2) is 16.6 Å². The van der Waals surface area contributed by atoms with E-state index < -0.39 is 6.09 Å². The second kappa shape index (κ2) is 3.98. The molecule has 1 amide bonds. The van der Waals surface area contributed by atoms with E-state index in [-0.39, 0.29) is 5.82 Å². The topological polar surface area (TPSA) is 56.3 Å². The van der Waals surface area contributed by atoms with Crippen molar-refractivity contribution in [1.29, 1.82) is 0 Å². The molecule has 2 N–H and O–H groups in total. The van der Waals surface area contributed by atoms with Crippen LogP contribution in [0.25, 0.3) is 10.9 Å². The summed E-state index contributed by atoms with van der Waals surface area (Å²) in [6.07, 6.45) is -0.303. The predicted octanol–water partition coefficient (Wildman–Crippen LogP) is 3.11. The van der Waals surface area contributed by atoms with Crippen molar-refractivity contribution in [1.82, 2.24) is 9.88 Å². The second-order valence-corrected chi connectivity index (χ2v) is 5.20. The lowest BCUT2D eigenvalue weighted by atomic mass is 10.0. The fourth-order valence-electron chi connectivity index (χ4n) is 2.37. The Morgan fingerprint density at radius 1 is 1.50 bits per heavy atom. The minimum Gasteiger partial charge on any atom is -0.465 e. The number of hydrogen-bond acceptors (Lipinski definition) is 1. The Morgan fingerprint density at radius 3 is 3.00 bits per heavy atom. The minimum atomic E-state index is -0.937. The molecule has 18 heavy (non-hydrogen) atoms. The van der Waals surface area contributed by atoms with Crippen LogP contribution in [0.5, 0.6) is 0 Å². The molecular weight excluding hydrogens is 303 g/mol. The first-order chi connectivity index (χ1) is 8.56. The highest BCUT2D eigenvalue weighted by atomic mass is 79.9. The lowest BCUT2D eigenvalue weighted by Crippen LogP contribution is -2.34. The van der Waals surface area contributed by atoms with Gasteiger partial charge in [-0.15, -0.1) is 0 Å². The van der Waals surface area contributed by atoms with Gasteiger partial charge in [-0.1, -0.05) is 0 Å². The largest absolute Gasteiger partial charge is 0.465 e. The summed E-state index contributed by atoms with van der Waals surface area (Å²) in [6.45, 7) is 0.782. The number of carboxylic acid groups (broad SMARTS) is 1. The number of nitrogens with one attached hydrogen (secondary N) is 1. The van der Waals surface area contributed by atoms with Crippen LogP contribution in [0.4, 0.5) is 9.18 Å². The van der Waals surface area contributed by atoms with Crippen molar-refractivity contribution in [3.05, 3.63) is 33.7 Å². The summed E-state index contributed by atoms with van der Waals surface area (Å²) in [5.74, 6) is -0.336. The van der Waals surface area contributed by atoms with Gasteiger partial charge >= 0.3 is 6.09 Å². The van der Waals surface area contributed by atoms with Crippen molar-refractivity contribution in [2.75, 3.05) is 6.54 Å². The molecule has 94 valence electrons. The molecular formula is C12H10BrFN2O2. The van der Waals surface area contributed by atoms with Crippen LogP contribution in [0.2, 0.25) is 0 Å². The number of aromatic nitrogens is 1. The summed E-state index contributed by atoms with van der Waals surface area (Å²) >= 11 is 3.15. The van der Waals surface area contributed by atoms with Crippen LogP contribution in [0, 0.1) is 5.82 Å². The van der Waals surface area contributed by atoms with E-state index in [1.54, 1.807) is 6.07 Å². The van der Waals surface area contributed by atoms with Crippen molar-refractivity contribution < 1.29 is 14.3 Å². The normalized spacial score (nSPS) is 14.9. The van der Waals surface area contributed by atoms with Crippen LogP contribution < -0.4 is 0 Å². The molecule has 1 aliphatic heterocycles. The number of rotatable bonds is 0. The van der Waals surface area contributed by atoms with Crippen LogP contribution in [-0.4, -0.2) is 27.6 Å². The molecule has 3 rings (SSSR count). The van der Waals surface area contributed by atoms with Gasteiger partial charge in [-0.2, -0.15) is 0 Å². The molecule has 1 aromatic carbocycles. The molecule has 0 atom stereocenters. The van der Waals surface area contributed by atoms with Gasteiger partial charge in [-0.3, -0.25) is 0 Å². The van der Waals surface area contributed by atoms with Gasteiger partial charge in [0.25, 0.3) is 0 Å². The average Bonchev–Trinajstić information content (AvgIpc) is 2.66. The molecule has 0 bridgehead atoms. The van der Waals surface area contributed by atoms with Crippen LogP contribution in [0.1, 0.15) is 11.3 Å². The van der Waals surface area contributed by atoms with Gasteiger partial charge in [0.2, 0.25) is 0 Å². The van der Waals surface area contributed by atoms with Gasteiger partial charge in [0.1, 0.15) is 5.82 Å². The van der Waals surface area contributed by atoms with E-state index in [0.29, 0.717) is 24.0 Å². The molecule has 1 aromatic heterocycles. The van der Waals surface area contributed by atoms with Gasteiger partial charge in [0.15, 0.2) is 0 Å². The van der Waals surface area contributed by atoms with Gasteiger partial charge < -0.3 is 15.0 Å². The van der Waals surface area contributed by atoms with E-state index >= 15 is 0 Å². The van der Waals surface area contributed by atoms with Gasteiger partial charge in [-0.25, -0.2) is 9.18 Å². The zero-order chi connectivity index (χ0) is 12.9. The molecule has 0 unspecified atom stereocenters.